The largest absolute Gasteiger partial charge is 0.323 e. The predicted octanol–water partition coefficient (Wildman–Crippen LogP) is 4.49. The van der Waals surface area contributed by atoms with E-state index in [0.717, 1.165) is 23.2 Å². The van der Waals surface area contributed by atoms with Crippen LogP contribution in [0.4, 0.5) is 14.9 Å². The Morgan fingerprint density at radius 3 is 2.68 bits per heavy atom. The van der Waals surface area contributed by atoms with E-state index in [1.165, 1.54) is 18.3 Å². The van der Waals surface area contributed by atoms with Crippen molar-refractivity contribution in [3.63, 3.8) is 0 Å². The average Bonchev–Trinajstić information content (AvgIpc) is 2.51. The topological polar surface area (TPSA) is 41.1 Å². The lowest BCUT2D eigenvalue weighted by atomic mass is 10.1. The fourth-order valence-electron chi connectivity index (χ4n) is 2.17. The smallest absolute Gasteiger partial charge is 0.314 e. The van der Waals surface area contributed by atoms with Gasteiger partial charge in [0.2, 0.25) is 0 Å². The van der Waals surface area contributed by atoms with Crippen LogP contribution in [0.5, 0.6) is 0 Å². The molecule has 0 saturated heterocycles. The average molecular weight is 298 g/mol. The van der Waals surface area contributed by atoms with Gasteiger partial charge in [-0.3, -0.25) is 0 Å². The summed E-state index contributed by atoms with van der Waals surface area (Å²) in [5.74, 6) is -0.326. The summed E-state index contributed by atoms with van der Waals surface area (Å²) in [6, 6.07) is 11.9. The number of carbonyl (C=O) groups excluding carboxylic acids is 1. The lowest BCUT2D eigenvalue weighted by Gasteiger charge is -2.12. The number of carbonyl (C=O) groups is 1. The first-order valence-electron chi connectivity index (χ1n) is 7.19. The van der Waals surface area contributed by atoms with E-state index in [1.54, 1.807) is 18.2 Å². The standard InChI is InChI=1S/C18H19FN2O/c1-3-14-9-6-7-13(2)17(14)21-18(22)20-12-11-15-8-4-5-10-16(15)19/h4-12H,3H2,1-2H3,(H2,20,21,22)/b12-11+. The van der Waals surface area contributed by atoms with Gasteiger partial charge in [-0.15, -0.1) is 0 Å². The minimum absolute atomic E-state index is 0.326. The highest BCUT2D eigenvalue weighted by molar-refractivity contribution is 5.92. The summed E-state index contributed by atoms with van der Waals surface area (Å²) in [4.78, 5) is 11.9. The van der Waals surface area contributed by atoms with Crippen LogP contribution >= 0.6 is 0 Å². The van der Waals surface area contributed by atoms with Gasteiger partial charge in [-0.25, -0.2) is 9.18 Å². The zero-order valence-corrected chi connectivity index (χ0v) is 12.7. The quantitative estimate of drug-likeness (QED) is 0.858. The van der Waals surface area contributed by atoms with Crippen molar-refractivity contribution in [1.29, 1.82) is 0 Å². The summed E-state index contributed by atoms with van der Waals surface area (Å²) >= 11 is 0. The van der Waals surface area contributed by atoms with Crippen molar-refractivity contribution >= 4 is 17.8 Å². The van der Waals surface area contributed by atoms with Crippen molar-refractivity contribution in [3.05, 3.63) is 71.2 Å². The van der Waals surface area contributed by atoms with E-state index < -0.39 is 0 Å². The van der Waals surface area contributed by atoms with Crippen molar-refractivity contribution in [2.45, 2.75) is 20.3 Å². The molecule has 114 valence electrons. The Kier molecular flexibility index (Phi) is 5.31. The van der Waals surface area contributed by atoms with E-state index in [9.17, 15) is 9.18 Å². The Balaban J connectivity index is 2.01. The van der Waals surface area contributed by atoms with Crippen LogP contribution in [-0.2, 0) is 6.42 Å². The Morgan fingerprint density at radius 1 is 1.18 bits per heavy atom. The molecule has 4 heteroatoms. The molecule has 2 N–H and O–H groups in total. The van der Waals surface area contributed by atoms with Crippen LogP contribution in [0.15, 0.2) is 48.7 Å². The molecule has 0 bridgehead atoms. The first kappa shape index (κ1) is 15.8. The maximum absolute atomic E-state index is 13.4. The number of rotatable bonds is 4. The summed E-state index contributed by atoms with van der Waals surface area (Å²) in [5.41, 5.74) is 3.33. The number of hydrogen-bond acceptors (Lipinski definition) is 1. The first-order valence-corrected chi connectivity index (χ1v) is 7.19. The maximum Gasteiger partial charge on any atom is 0.323 e. The second-order valence-corrected chi connectivity index (χ2v) is 4.92. The highest BCUT2D eigenvalue weighted by atomic mass is 19.1. The molecule has 0 radical (unpaired) electrons. The Labute approximate surface area is 129 Å². The van der Waals surface area contributed by atoms with Crippen LogP contribution in [0, 0.1) is 12.7 Å². The summed E-state index contributed by atoms with van der Waals surface area (Å²) in [7, 11) is 0. The number of amides is 2. The van der Waals surface area contributed by atoms with Crippen molar-refractivity contribution < 1.29 is 9.18 Å². The first-order chi connectivity index (χ1) is 10.6. The zero-order valence-electron chi connectivity index (χ0n) is 12.7. The number of benzene rings is 2. The number of aryl methyl sites for hydroxylation is 2. The molecule has 0 atom stereocenters. The summed E-state index contributed by atoms with van der Waals surface area (Å²) < 4.78 is 13.4. The molecule has 0 heterocycles. The molecule has 0 saturated carbocycles. The SMILES string of the molecule is CCc1cccc(C)c1NC(=O)N/C=C/c1ccccc1F. The molecule has 0 aliphatic rings. The van der Waals surface area contributed by atoms with Gasteiger partial charge in [-0.05, 0) is 36.6 Å². The summed E-state index contributed by atoms with van der Waals surface area (Å²) in [6.07, 6.45) is 3.79. The van der Waals surface area contributed by atoms with E-state index in [2.05, 4.69) is 10.6 Å². The van der Waals surface area contributed by atoms with Gasteiger partial charge in [0.1, 0.15) is 5.82 Å². The number of hydrogen-bond donors (Lipinski definition) is 2. The lowest BCUT2D eigenvalue weighted by Crippen LogP contribution is -2.24. The maximum atomic E-state index is 13.4. The van der Waals surface area contributed by atoms with Crippen LogP contribution < -0.4 is 10.6 Å². The zero-order chi connectivity index (χ0) is 15.9. The molecule has 0 aliphatic heterocycles. The highest BCUT2D eigenvalue weighted by Crippen LogP contribution is 2.20. The number of nitrogens with one attached hydrogen (secondary N) is 2. The molecule has 0 aliphatic carbocycles. The molecular formula is C18H19FN2O. The van der Waals surface area contributed by atoms with Gasteiger partial charge in [0, 0.05) is 17.5 Å². The van der Waals surface area contributed by atoms with Crippen molar-refractivity contribution in [2.24, 2.45) is 0 Å². The Hall–Kier alpha value is -2.62. The second-order valence-electron chi connectivity index (χ2n) is 4.92. The van der Waals surface area contributed by atoms with E-state index in [1.807, 2.05) is 32.0 Å². The van der Waals surface area contributed by atoms with Gasteiger partial charge in [0.15, 0.2) is 0 Å². The fraction of sp³-hybridized carbons (Fsp3) is 0.167. The second kappa shape index (κ2) is 7.41. The van der Waals surface area contributed by atoms with Crippen LogP contribution in [-0.4, -0.2) is 6.03 Å². The molecular weight excluding hydrogens is 279 g/mol. The third-order valence-corrected chi connectivity index (χ3v) is 3.36. The number of urea groups is 1. The number of anilines is 1. The van der Waals surface area contributed by atoms with Gasteiger partial charge < -0.3 is 10.6 Å². The number of para-hydroxylation sites is 1. The predicted molar refractivity (Wildman–Crippen MR) is 88.1 cm³/mol. The van der Waals surface area contributed by atoms with Gasteiger partial charge in [-0.1, -0.05) is 43.3 Å². The van der Waals surface area contributed by atoms with Crippen molar-refractivity contribution in [1.82, 2.24) is 5.32 Å². The molecule has 2 aromatic rings. The third-order valence-electron chi connectivity index (χ3n) is 3.36. The molecule has 2 rings (SSSR count). The summed E-state index contributed by atoms with van der Waals surface area (Å²) in [5, 5.41) is 5.42. The highest BCUT2D eigenvalue weighted by Gasteiger charge is 2.07. The molecule has 0 aromatic heterocycles. The molecule has 0 fully saturated rings. The molecule has 2 amide bonds. The minimum Gasteiger partial charge on any atom is -0.314 e. The van der Waals surface area contributed by atoms with E-state index >= 15 is 0 Å². The molecule has 0 unspecified atom stereocenters. The molecule has 0 spiro atoms. The molecule has 3 nitrogen and oxygen atoms in total. The van der Waals surface area contributed by atoms with Crippen LogP contribution in [0.25, 0.3) is 6.08 Å². The van der Waals surface area contributed by atoms with Crippen LogP contribution in [0.2, 0.25) is 0 Å². The van der Waals surface area contributed by atoms with E-state index in [0.29, 0.717) is 5.56 Å². The monoisotopic (exact) mass is 298 g/mol. The van der Waals surface area contributed by atoms with Crippen LogP contribution in [0.1, 0.15) is 23.6 Å². The molecule has 22 heavy (non-hydrogen) atoms. The lowest BCUT2D eigenvalue weighted by molar-refractivity contribution is 0.255. The van der Waals surface area contributed by atoms with E-state index in [4.69, 9.17) is 0 Å². The van der Waals surface area contributed by atoms with Crippen molar-refractivity contribution in [3.8, 4) is 0 Å². The van der Waals surface area contributed by atoms with Gasteiger partial charge >= 0.3 is 6.03 Å². The fourth-order valence-corrected chi connectivity index (χ4v) is 2.17. The van der Waals surface area contributed by atoms with Gasteiger partial charge in [0.25, 0.3) is 0 Å². The van der Waals surface area contributed by atoms with E-state index in [-0.39, 0.29) is 11.8 Å². The number of halogens is 1. The minimum atomic E-state index is -0.350. The third kappa shape index (κ3) is 3.95. The van der Waals surface area contributed by atoms with Crippen molar-refractivity contribution in [2.75, 3.05) is 5.32 Å². The normalized spacial score (nSPS) is 10.7. The Bertz CT molecular complexity index is 695. The van der Waals surface area contributed by atoms with Gasteiger partial charge in [-0.2, -0.15) is 0 Å². The van der Waals surface area contributed by atoms with Gasteiger partial charge in [0.05, 0.1) is 0 Å². The Morgan fingerprint density at radius 2 is 1.95 bits per heavy atom. The summed E-state index contributed by atoms with van der Waals surface area (Å²) in [6.45, 7) is 3.99. The molecule has 2 aromatic carbocycles. The van der Waals surface area contributed by atoms with Crippen LogP contribution in [0.3, 0.4) is 0 Å².